The van der Waals surface area contributed by atoms with Crippen LogP contribution in [0.2, 0.25) is 4.34 Å². The molecule has 1 spiro atoms. The van der Waals surface area contributed by atoms with Crippen molar-refractivity contribution < 1.29 is 27.4 Å². The molecule has 1 saturated heterocycles. The first-order chi connectivity index (χ1) is 17.1. The van der Waals surface area contributed by atoms with E-state index in [1.807, 2.05) is 6.92 Å². The van der Waals surface area contributed by atoms with E-state index in [2.05, 4.69) is 20.1 Å². The Balaban J connectivity index is 1.33. The van der Waals surface area contributed by atoms with Crippen molar-refractivity contribution in [3.8, 4) is 5.69 Å². The number of anilines is 1. The van der Waals surface area contributed by atoms with Gasteiger partial charge in [-0.05, 0) is 38.0 Å². The summed E-state index contributed by atoms with van der Waals surface area (Å²) in [5.74, 6) is -3.59. The Kier molecular flexibility index (Phi) is 6.52. The lowest BCUT2D eigenvalue weighted by atomic mass is 9.84. The number of para-hydroxylation sites is 1. The monoisotopic (exact) mass is 540 g/mol. The van der Waals surface area contributed by atoms with Crippen LogP contribution in [0, 0.1) is 12.7 Å². The molecule has 0 aliphatic carbocycles. The number of aryl methyl sites for hydroxylation is 1. The Labute approximate surface area is 214 Å². The molecule has 36 heavy (non-hydrogen) atoms. The van der Waals surface area contributed by atoms with Crippen LogP contribution in [0.5, 0.6) is 0 Å². The Hall–Kier alpha value is -2.60. The first kappa shape index (κ1) is 25.1. The number of halogens is 4. The third kappa shape index (κ3) is 4.49. The zero-order chi connectivity index (χ0) is 25.7. The van der Waals surface area contributed by atoms with E-state index >= 15 is 0 Å². The zero-order valence-electron chi connectivity index (χ0n) is 19.6. The maximum atomic E-state index is 14.7. The molecule has 2 aliphatic rings. The van der Waals surface area contributed by atoms with Crippen molar-refractivity contribution in [1.29, 1.82) is 0 Å². The SMILES string of the molecule is COC(=O)Nc1cccc(F)c1-n1cc(CN2CCC3(CC2)OCC(F)(F)c2cc(Cl)sc23)c(C)n1. The molecule has 1 N–H and O–H groups in total. The van der Waals surface area contributed by atoms with E-state index in [1.54, 1.807) is 12.3 Å². The first-order valence-electron chi connectivity index (χ1n) is 11.4. The van der Waals surface area contributed by atoms with Gasteiger partial charge in [0.2, 0.25) is 0 Å². The molecule has 0 atom stereocenters. The second kappa shape index (κ2) is 9.37. The Morgan fingerprint density at radius 2 is 2.08 bits per heavy atom. The van der Waals surface area contributed by atoms with Crippen LogP contribution in [0.15, 0.2) is 30.5 Å². The number of carbonyl (C=O) groups is 1. The number of aromatic nitrogens is 2. The number of carbonyl (C=O) groups excluding carboxylic acids is 1. The van der Waals surface area contributed by atoms with Crippen LogP contribution in [-0.2, 0) is 27.5 Å². The van der Waals surface area contributed by atoms with Gasteiger partial charge in [-0.1, -0.05) is 17.7 Å². The fourth-order valence-electron chi connectivity index (χ4n) is 4.80. The molecule has 5 rings (SSSR count). The van der Waals surface area contributed by atoms with Gasteiger partial charge in [0.15, 0.2) is 5.82 Å². The lowest BCUT2D eigenvalue weighted by Crippen LogP contribution is -2.48. The zero-order valence-corrected chi connectivity index (χ0v) is 21.2. The average molecular weight is 541 g/mol. The third-order valence-corrected chi connectivity index (χ3v) is 8.19. The number of thiophene rings is 1. The molecule has 4 heterocycles. The Morgan fingerprint density at radius 1 is 1.33 bits per heavy atom. The number of methoxy groups -OCH3 is 1. The number of hydrogen-bond acceptors (Lipinski definition) is 6. The van der Waals surface area contributed by atoms with Gasteiger partial charge in [-0.3, -0.25) is 10.2 Å². The van der Waals surface area contributed by atoms with E-state index in [9.17, 15) is 18.0 Å². The van der Waals surface area contributed by atoms with Gasteiger partial charge in [0.1, 0.15) is 17.9 Å². The second-order valence-electron chi connectivity index (χ2n) is 8.99. The Bertz CT molecular complexity index is 1300. The standard InChI is InChI=1S/C24H24ClF3N4O3S/c1-14-15(12-32(30-14)20-17(26)4-3-5-18(20)29-22(33)34-2)11-31-8-6-23(7-9-31)21-16(10-19(25)36-21)24(27,28)13-35-23/h3-5,10,12H,6-9,11,13H2,1-2H3,(H,29,33). The summed E-state index contributed by atoms with van der Waals surface area (Å²) in [7, 11) is 1.23. The maximum Gasteiger partial charge on any atom is 0.411 e. The highest BCUT2D eigenvalue weighted by Gasteiger charge is 2.51. The minimum atomic E-state index is -3.04. The summed E-state index contributed by atoms with van der Waals surface area (Å²) in [4.78, 5) is 14.4. The molecule has 1 fully saturated rings. The normalized spacial score (nSPS) is 18.7. The summed E-state index contributed by atoms with van der Waals surface area (Å²) >= 11 is 7.27. The predicted molar refractivity (Wildman–Crippen MR) is 130 cm³/mol. The number of rotatable bonds is 4. The third-order valence-electron chi connectivity index (χ3n) is 6.74. The topological polar surface area (TPSA) is 68.6 Å². The predicted octanol–water partition coefficient (Wildman–Crippen LogP) is 5.83. The highest BCUT2D eigenvalue weighted by molar-refractivity contribution is 7.16. The van der Waals surface area contributed by atoms with Crippen LogP contribution in [-0.4, -0.2) is 47.6 Å². The van der Waals surface area contributed by atoms with Gasteiger partial charge >= 0.3 is 6.09 Å². The molecule has 1 amide bonds. The second-order valence-corrected chi connectivity index (χ2v) is 10.7. The van der Waals surface area contributed by atoms with Crippen LogP contribution in [0.4, 0.5) is 23.7 Å². The molecule has 2 aromatic heterocycles. The summed E-state index contributed by atoms with van der Waals surface area (Å²) in [6, 6.07) is 5.70. The number of fused-ring (bicyclic) bond motifs is 2. The van der Waals surface area contributed by atoms with Crippen LogP contribution >= 0.6 is 22.9 Å². The average Bonchev–Trinajstić information content (AvgIpc) is 3.42. The maximum absolute atomic E-state index is 14.7. The van der Waals surface area contributed by atoms with Crippen LogP contribution < -0.4 is 5.32 Å². The molecule has 7 nitrogen and oxygen atoms in total. The number of ether oxygens (including phenoxy) is 2. The molecule has 3 aromatic rings. The van der Waals surface area contributed by atoms with Gasteiger partial charge in [-0.2, -0.15) is 13.9 Å². The summed E-state index contributed by atoms with van der Waals surface area (Å²) in [5, 5.41) is 6.98. The number of piperidine rings is 1. The quantitative estimate of drug-likeness (QED) is 0.451. The highest BCUT2D eigenvalue weighted by atomic mass is 35.5. The number of nitrogens with one attached hydrogen (secondary N) is 1. The number of hydrogen-bond donors (Lipinski definition) is 1. The fourth-order valence-corrected chi connectivity index (χ4v) is 6.28. The smallest absolute Gasteiger partial charge is 0.411 e. The Morgan fingerprint density at radius 3 is 2.81 bits per heavy atom. The van der Waals surface area contributed by atoms with Crippen LogP contribution in [0.1, 0.15) is 34.5 Å². The van der Waals surface area contributed by atoms with E-state index in [0.717, 1.165) is 5.56 Å². The minimum Gasteiger partial charge on any atom is -0.453 e. The molecular formula is C24H24ClF3N4O3S. The summed E-state index contributed by atoms with van der Waals surface area (Å²) in [5.41, 5.74) is 1.15. The van der Waals surface area contributed by atoms with Crippen molar-refractivity contribution in [3.05, 3.63) is 62.3 Å². The molecule has 1 aromatic carbocycles. The number of likely N-dealkylation sites (tertiary alicyclic amines) is 1. The number of amides is 1. The van der Waals surface area contributed by atoms with Crippen molar-refractivity contribution in [3.63, 3.8) is 0 Å². The molecular weight excluding hydrogens is 517 g/mol. The van der Waals surface area contributed by atoms with Crippen molar-refractivity contribution in [2.45, 2.75) is 37.8 Å². The summed E-state index contributed by atoms with van der Waals surface area (Å²) < 4.78 is 55.7. The summed E-state index contributed by atoms with van der Waals surface area (Å²) in [6.07, 6.45) is 2.13. The molecule has 12 heteroatoms. The van der Waals surface area contributed by atoms with E-state index < -0.39 is 30.0 Å². The van der Waals surface area contributed by atoms with Gasteiger partial charge < -0.3 is 9.47 Å². The van der Waals surface area contributed by atoms with Crippen molar-refractivity contribution in [2.24, 2.45) is 0 Å². The van der Waals surface area contributed by atoms with Crippen molar-refractivity contribution in [1.82, 2.24) is 14.7 Å². The lowest BCUT2D eigenvalue weighted by molar-refractivity contribution is -0.182. The molecule has 2 aliphatic heterocycles. The van der Waals surface area contributed by atoms with Crippen LogP contribution in [0.25, 0.3) is 5.69 Å². The van der Waals surface area contributed by atoms with E-state index in [4.69, 9.17) is 16.3 Å². The highest BCUT2D eigenvalue weighted by Crippen LogP contribution is 2.52. The fraction of sp³-hybridized carbons (Fsp3) is 0.417. The van der Waals surface area contributed by atoms with E-state index in [-0.39, 0.29) is 16.9 Å². The molecule has 0 bridgehead atoms. The van der Waals surface area contributed by atoms with E-state index in [1.165, 1.54) is 41.3 Å². The molecule has 192 valence electrons. The van der Waals surface area contributed by atoms with Gasteiger partial charge in [0.25, 0.3) is 5.92 Å². The lowest BCUT2D eigenvalue weighted by Gasteiger charge is -2.45. The number of benzene rings is 1. The summed E-state index contributed by atoms with van der Waals surface area (Å²) in [6.45, 7) is 2.98. The molecule has 0 unspecified atom stereocenters. The van der Waals surface area contributed by atoms with Gasteiger partial charge in [-0.15, -0.1) is 11.3 Å². The van der Waals surface area contributed by atoms with Gasteiger partial charge in [0.05, 0.1) is 22.8 Å². The van der Waals surface area contributed by atoms with E-state index in [0.29, 0.717) is 47.4 Å². The number of alkyl halides is 2. The first-order valence-corrected chi connectivity index (χ1v) is 12.5. The van der Waals surface area contributed by atoms with Crippen molar-refractivity contribution in [2.75, 3.05) is 32.1 Å². The van der Waals surface area contributed by atoms with Gasteiger partial charge in [-0.25, -0.2) is 13.9 Å². The number of nitrogens with zero attached hydrogens (tertiary/aromatic N) is 3. The molecule has 0 saturated carbocycles. The van der Waals surface area contributed by atoms with Gasteiger partial charge in [0, 0.05) is 41.8 Å². The minimum absolute atomic E-state index is 0.0180. The van der Waals surface area contributed by atoms with Crippen LogP contribution in [0.3, 0.4) is 0 Å². The molecule has 0 radical (unpaired) electrons. The largest absolute Gasteiger partial charge is 0.453 e. The van der Waals surface area contributed by atoms with Crippen molar-refractivity contribution >= 4 is 34.7 Å².